The fourth-order valence-electron chi connectivity index (χ4n) is 12.5. The lowest BCUT2D eigenvalue weighted by Crippen LogP contribution is -2.49. The van der Waals surface area contributed by atoms with Gasteiger partial charge in [0.2, 0.25) is 5.95 Å². The number of rotatable bonds is 14. The van der Waals surface area contributed by atoms with E-state index in [2.05, 4.69) is 110 Å². The van der Waals surface area contributed by atoms with E-state index in [0.29, 0.717) is 33.9 Å². The molecular formula is C58H72BrN12O3P. The third-order valence-corrected chi connectivity index (χ3v) is 18.7. The zero-order valence-corrected chi connectivity index (χ0v) is 46.6. The number of para-hydroxylation sites is 1. The predicted octanol–water partition coefficient (Wildman–Crippen LogP) is 10.2. The standard InChI is InChI=1S/C58H72BrN12O3P/c1-66-38-43(34-62-66)47-32-50(64-57-61-36-48(59)56(65-57)63-49-17-16-42(31-54(49)75(4,5)73)40-11-7-6-8-12-40)53(74-3)33-52(47)70-29-22-44(23-30-70)69-27-18-39(19-28-69)37-68-25-20-41(21-26-68)46-14-9-15-51-55(46)67(2)58(72)71(51)45-13-10-24-60-35-45/h6-9,11-12,14-17,31-34,36,38-39,41,44-45,60H,10,13,18-30,35,37H2,1-5H3,(H2,61,63,64,65). The maximum Gasteiger partial charge on any atom is 0.329 e. The number of methoxy groups -OCH3 is 1. The highest BCUT2D eigenvalue weighted by molar-refractivity contribution is 9.10. The van der Waals surface area contributed by atoms with Gasteiger partial charge in [-0.1, -0.05) is 48.5 Å². The molecule has 0 saturated carbocycles. The van der Waals surface area contributed by atoms with Gasteiger partial charge in [0.15, 0.2) is 0 Å². The molecule has 75 heavy (non-hydrogen) atoms. The van der Waals surface area contributed by atoms with Crippen molar-refractivity contribution in [3.8, 4) is 28.0 Å². The maximum atomic E-state index is 13.7. The Morgan fingerprint density at radius 1 is 0.800 bits per heavy atom. The van der Waals surface area contributed by atoms with Crippen LogP contribution in [0, 0.1) is 5.92 Å². The summed E-state index contributed by atoms with van der Waals surface area (Å²) in [6, 6.07) is 27.9. The summed E-state index contributed by atoms with van der Waals surface area (Å²) in [5.41, 5.74) is 10.5. The first-order chi connectivity index (χ1) is 36.4. The molecule has 0 bridgehead atoms. The molecule has 0 aliphatic carbocycles. The van der Waals surface area contributed by atoms with Crippen LogP contribution in [0.5, 0.6) is 5.75 Å². The zero-order chi connectivity index (χ0) is 51.8. The van der Waals surface area contributed by atoms with Crippen molar-refractivity contribution >= 4 is 68.2 Å². The fourth-order valence-corrected chi connectivity index (χ4v) is 14.0. The van der Waals surface area contributed by atoms with Crippen LogP contribution in [0.2, 0.25) is 0 Å². The van der Waals surface area contributed by atoms with Gasteiger partial charge in [-0.15, -0.1) is 0 Å². The van der Waals surface area contributed by atoms with Crippen LogP contribution in [0.25, 0.3) is 33.3 Å². The van der Waals surface area contributed by atoms with Gasteiger partial charge in [0.25, 0.3) is 0 Å². The number of likely N-dealkylation sites (tertiary alicyclic amines) is 2. The maximum absolute atomic E-state index is 13.7. The highest BCUT2D eigenvalue weighted by atomic mass is 79.9. The van der Waals surface area contributed by atoms with Gasteiger partial charge in [-0.2, -0.15) is 10.1 Å². The number of piperidine rings is 4. The molecule has 4 saturated heterocycles. The van der Waals surface area contributed by atoms with Crippen molar-refractivity contribution in [2.24, 2.45) is 20.0 Å². The molecule has 3 N–H and O–H groups in total. The summed E-state index contributed by atoms with van der Waals surface area (Å²) in [5.74, 6) is 2.83. The Bertz CT molecular complexity index is 3250. The van der Waals surface area contributed by atoms with E-state index < -0.39 is 7.14 Å². The Morgan fingerprint density at radius 3 is 2.29 bits per heavy atom. The lowest BCUT2D eigenvalue weighted by atomic mass is 9.87. The summed E-state index contributed by atoms with van der Waals surface area (Å²) in [7, 11) is 2.93. The molecule has 7 aromatic rings. The van der Waals surface area contributed by atoms with Gasteiger partial charge >= 0.3 is 5.69 Å². The molecule has 4 aliphatic rings. The molecule has 4 fully saturated rings. The first kappa shape index (κ1) is 51.3. The minimum Gasteiger partial charge on any atom is -0.494 e. The molecule has 3 aromatic heterocycles. The van der Waals surface area contributed by atoms with Crippen LogP contribution in [-0.2, 0) is 18.7 Å². The van der Waals surface area contributed by atoms with Crippen LogP contribution in [0.1, 0.15) is 68.9 Å². The van der Waals surface area contributed by atoms with Gasteiger partial charge in [-0.3, -0.25) is 13.8 Å². The second-order valence-electron chi connectivity index (χ2n) is 21.8. The smallest absolute Gasteiger partial charge is 0.329 e. The Labute approximate surface area is 449 Å². The monoisotopic (exact) mass is 1090 g/mol. The molecule has 15 nitrogen and oxygen atoms in total. The summed E-state index contributed by atoms with van der Waals surface area (Å²) in [6.07, 6.45) is 14.9. The second kappa shape index (κ2) is 22.1. The number of imidazole rings is 1. The van der Waals surface area contributed by atoms with Crippen LogP contribution in [-0.4, -0.2) is 124 Å². The molecule has 4 aromatic carbocycles. The van der Waals surface area contributed by atoms with Crippen LogP contribution < -0.4 is 36.6 Å². The molecule has 1 unspecified atom stereocenters. The van der Waals surface area contributed by atoms with E-state index in [-0.39, 0.29) is 11.7 Å². The number of hydrogen-bond acceptors (Lipinski definition) is 12. The zero-order valence-electron chi connectivity index (χ0n) is 44.1. The summed E-state index contributed by atoms with van der Waals surface area (Å²) < 4.78 is 26.3. The number of aryl methyl sites for hydroxylation is 2. The Morgan fingerprint density at radius 2 is 1.59 bits per heavy atom. The van der Waals surface area contributed by atoms with Crippen molar-refractivity contribution in [2.45, 2.75) is 69.4 Å². The summed E-state index contributed by atoms with van der Waals surface area (Å²) in [5, 5.41) is 15.8. The molecule has 0 radical (unpaired) electrons. The van der Waals surface area contributed by atoms with Gasteiger partial charge in [0.1, 0.15) is 18.7 Å². The van der Waals surface area contributed by atoms with E-state index in [9.17, 15) is 9.36 Å². The molecule has 394 valence electrons. The van der Waals surface area contributed by atoms with E-state index in [4.69, 9.17) is 9.72 Å². The van der Waals surface area contributed by atoms with E-state index in [0.717, 1.165) is 139 Å². The fraction of sp³-hybridized carbons (Fsp3) is 0.448. The number of nitrogens with zero attached hydrogens (tertiary/aromatic N) is 9. The summed E-state index contributed by atoms with van der Waals surface area (Å²) >= 11 is 3.66. The minimum absolute atomic E-state index is 0.124. The van der Waals surface area contributed by atoms with Crippen molar-refractivity contribution in [1.82, 2.24) is 44.0 Å². The van der Waals surface area contributed by atoms with Crippen molar-refractivity contribution in [3.05, 3.63) is 118 Å². The molecule has 11 rings (SSSR count). The van der Waals surface area contributed by atoms with Gasteiger partial charge in [-0.05, 0) is 166 Å². The summed E-state index contributed by atoms with van der Waals surface area (Å²) in [4.78, 5) is 31.2. The van der Waals surface area contributed by atoms with E-state index in [1.165, 1.54) is 38.0 Å². The van der Waals surface area contributed by atoms with Gasteiger partial charge in [0.05, 0.1) is 46.2 Å². The Balaban J connectivity index is 0.718. The average Bonchev–Trinajstić information content (AvgIpc) is 3.99. The van der Waals surface area contributed by atoms with E-state index in [1.54, 1.807) is 26.6 Å². The Hall–Kier alpha value is -5.77. The van der Waals surface area contributed by atoms with Crippen LogP contribution in [0.3, 0.4) is 0 Å². The van der Waals surface area contributed by atoms with E-state index in [1.807, 2.05) is 65.9 Å². The number of aromatic nitrogens is 6. The lowest BCUT2D eigenvalue weighted by Gasteiger charge is -2.43. The molecule has 4 aliphatic heterocycles. The van der Waals surface area contributed by atoms with Gasteiger partial charge < -0.3 is 40.0 Å². The van der Waals surface area contributed by atoms with Crippen LogP contribution >= 0.6 is 23.1 Å². The first-order valence-electron chi connectivity index (χ1n) is 27.0. The lowest BCUT2D eigenvalue weighted by molar-refractivity contribution is 0.0909. The van der Waals surface area contributed by atoms with E-state index >= 15 is 0 Å². The SMILES string of the molecule is COc1cc(N2CCC(N3CCC(CN4CCC(c5cccc6c5n(C)c(=O)n6C5CCCNC5)CC4)CC3)CC2)c(-c2cnn(C)c2)cc1Nc1ncc(Br)c(Nc2ccc(-c3ccccc3)cc2P(C)(C)=O)n1. The number of halogens is 1. The van der Waals surface area contributed by atoms with Crippen molar-refractivity contribution < 1.29 is 9.30 Å². The molecule has 1 atom stereocenters. The quantitative estimate of drug-likeness (QED) is 0.0893. The number of anilines is 5. The van der Waals surface area contributed by atoms with Crippen LogP contribution in [0.4, 0.5) is 28.8 Å². The first-order valence-corrected chi connectivity index (χ1v) is 30.4. The molecule has 0 spiro atoms. The van der Waals surface area contributed by atoms with Gasteiger partial charge in [-0.25, -0.2) is 9.78 Å². The third kappa shape index (κ3) is 11.0. The van der Waals surface area contributed by atoms with Crippen molar-refractivity contribution in [1.29, 1.82) is 0 Å². The topological polar surface area (TPSA) is 143 Å². The van der Waals surface area contributed by atoms with Gasteiger partial charge in [0, 0.05) is 86.9 Å². The minimum atomic E-state index is -2.69. The highest BCUT2D eigenvalue weighted by Gasteiger charge is 2.33. The number of fused-ring (bicyclic) bond motifs is 1. The normalized spacial score (nSPS) is 19.0. The number of benzene rings is 4. The second-order valence-corrected chi connectivity index (χ2v) is 25.8. The number of hydrogen-bond donors (Lipinski definition) is 3. The highest BCUT2D eigenvalue weighted by Crippen LogP contribution is 2.44. The largest absolute Gasteiger partial charge is 0.494 e. The van der Waals surface area contributed by atoms with Crippen molar-refractivity contribution in [2.75, 3.05) is 94.9 Å². The molecule has 17 heteroatoms. The average molecular weight is 1100 g/mol. The van der Waals surface area contributed by atoms with Crippen LogP contribution in [0.15, 0.2) is 107 Å². The third-order valence-electron chi connectivity index (χ3n) is 16.5. The summed E-state index contributed by atoms with van der Waals surface area (Å²) in [6.45, 7) is 13.2. The van der Waals surface area contributed by atoms with Crippen molar-refractivity contribution in [3.63, 3.8) is 0 Å². The molecular weight excluding hydrogens is 1020 g/mol. The predicted molar refractivity (Wildman–Crippen MR) is 309 cm³/mol. The Kier molecular flexibility index (Phi) is 15.1. The molecule has 7 heterocycles. The molecule has 0 amide bonds. The number of ether oxygens (including phenoxy) is 1. The number of nitrogens with one attached hydrogen (secondary N) is 3.